The minimum Gasteiger partial charge on any atom is -0.393 e. The number of aryl methyl sites for hydroxylation is 2. The first kappa shape index (κ1) is 25.9. The van der Waals surface area contributed by atoms with E-state index in [0.29, 0.717) is 0 Å². The standard InChI is InChI=1S/C39H32B2N5/c1-25-23-37-39(42(3)24-25)46(41-32-18-10-6-14-28(32)30-16-8-12-20-35(30)45(37)41)33-21-22-36-38(26(33)2)43(4)40-31-17-9-5-13-27(31)29-15-7-11-19-34(29)44(36)40/h5-24H,1-4H3/q+1. The van der Waals surface area contributed by atoms with Gasteiger partial charge in [-0.25, -0.2) is 4.57 Å². The highest BCUT2D eigenvalue weighted by molar-refractivity contribution is 6.87. The van der Waals surface area contributed by atoms with Gasteiger partial charge in [0.2, 0.25) is 0 Å². The Hall–Kier alpha value is -5.42. The lowest BCUT2D eigenvalue weighted by Gasteiger charge is -2.35. The molecule has 7 heteroatoms. The van der Waals surface area contributed by atoms with Crippen LogP contribution in [0.3, 0.4) is 0 Å². The molecular weight excluding hydrogens is 560 g/mol. The fraction of sp³-hybridized carbons (Fsp3) is 0.103. The van der Waals surface area contributed by atoms with Crippen LogP contribution in [0.2, 0.25) is 0 Å². The Labute approximate surface area is 270 Å². The van der Waals surface area contributed by atoms with Gasteiger partial charge in [-0.15, -0.1) is 0 Å². The number of pyridine rings is 1. The van der Waals surface area contributed by atoms with Crippen molar-refractivity contribution < 1.29 is 4.57 Å². The van der Waals surface area contributed by atoms with E-state index >= 15 is 0 Å². The first-order chi connectivity index (χ1) is 22.5. The summed E-state index contributed by atoms with van der Waals surface area (Å²) in [6.07, 6.45) is 2.26. The van der Waals surface area contributed by atoms with Gasteiger partial charge in [0.05, 0.1) is 24.6 Å². The molecule has 0 N–H and O–H groups in total. The monoisotopic (exact) mass is 592 g/mol. The molecule has 218 valence electrons. The van der Waals surface area contributed by atoms with E-state index in [-0.39, 0.29) is 14.0 Å². The average Bonchev–Trinajstić information content (AvgIpc) is 3.59. The van der Waals surface area contributed by atoms with Gasteiger partial charge in [-0.1, -0.05) is 84.9 Å². The summed E-state index contributed by atoms with van der Waals surface area (Å²) < 4.78 is 2.32. The lowest BCUT2D eigenvalue weighted by atomic mass is 9.59. The van der Waals surface area contributed by atoms with Crippen LogP contribution in [0.15, 0.2) is 121 Å². The van der Waals surface area contributed by atoms with Crippen molar-refractivity contribution in [3.63, 3.8) is 0 Å². The Bertz CT molecular complexity index is 2280. The highest BCUT2D eigenvalue weighted by Crippen LogP contribution is 2.54. The van der Waals surface area contributed by atoms with Crippen LogP contribution in [0.4, 0.5) is 39.9 Å². The van der Waals surface area contributed by atoms with Gasteiger partial charge in [-0.3, -0.25) is 4.81 Å². The van der Waals surface area contributed by atoms with Gasteiger partial charge in [0, 0.05) is 33.5 Å². The number of anilines is 7. The molecule has 1 aromatic heterocycles. The van der Waals surface area contributed by atoms with E-state index in [1.165, 1.54) is 84.2 Å². The van der Waals surface area contributed by atoms with Crippen molar-refractivity contribution in [3.8, 4) is 22.3 Å². The van der Waals surface area contributed by atoms with E-state index in [9.17, 15) is 0 Å². The van der Waals surface area contributed by atoms with Crippen molar-refractivity contribution in [1.82, 2.24) is 0 Å². The molecule has 0 amide bonds. The zero-order valence-electron chi connectivity index (χ0n) is 26.4. The van der Waals surface area contributed by atoms with Crippen molar-refractivity contribution in [3.05, 3.63) is 133 Å². The molecule has 4 aliphatic rings. The molecule has 0 saturated heterocycles. The third-order valence-electron chi connectivity index (χ3n) is 10.6. The van der Waals surface area contributed by atoms with Gasteiger partial charge >= 0.3 is 14.0 Å². The fourth-order valence-corrected chi connectivity index (χ4v) is 8.85. The fourth-order valence-electron chi connectivity index (χ4n) is 8.85. The van der Waals surface area contributed by atoms with Crippen molar-refractivity contribution in [1.29, 1.82) is 0 Å². The van der Waals surface area contributed by atoms with Gasteiger partial charge in [0.1, 0.15) is 11.4 Å². The number of hydrogen-bond acceptors (Lipinski definition) is 4. The lowest BCUT2D eigenvalue weighted by molar-refractivity contribution is -0.657. The molecule has 0 radical (unpaired) electrons. The molecule has 5 heterocycles. The molecule has 6 aromatic rings. The molecule has 46 heavy (non-hydrogen) atoms. The van der Waals surface area contributed by atoms with Crippen LogP contribution in [0.5, 0.6) is 0 Å². The minimum absolute atomic E-state index is 0.0124. The third-order valence-corrected chi connectivity index (χ3v) is 10.6. The largest absolute Gasteiger partial charge is 0.543 e. The van der Waals surface area contributed by atoms with Crippen molar-refractivity contribution in [2.75, 3.05) is 26.3 Å². The number of benzene rings is 5. The van der Waals surface area contributed by atoms with Gasteiger partial charge in [-0.05, 0) is 73.4 Å². The Kier molecular flexibility index (Phi) is 5.10. The van der Waals surface area contributed by atoms with E-state index in [4.69, 9.17) is 0 Å². The van der Waals surface area contributed by atoms with Crippen LogP contribution in [-0.2, 0) is 7.05 Å². The van der Waals surface area contributed by atoms with E-state index < -0.39 is 0 Å². The number of aromatic nitrogens is 1. The maximum absolute atomic E-state index is 2.59. The van der Waals surface area contributed by atoms with E-state index in [0.717, 1.165) is 0 Å². The minimum atomic E-state index is -0.0124. The Morgan fingerprint density at radius 2 is 1.04 bits per heavy atom. The second-order valence-electron chi connectivity index (χ2n) is 13.1. The molecule has 0 spiro atoms. The Morgan fingerprint density at radius 1 is 0.522 bits per heavy atom. The summed E-state index contributed by atoms with van der Waals surface area (Å²) in [7, 11) is 4.46. The van der Waals surface area contributed by atoms with E-state index in [2.05, 4.69) is 173 Å². The van der Waals surface area contributed by atoms with Crippen molar-refractivity contribution >= 4 is 64.8 Å². The molecule has 0 aliphatic carbocycles. The predicted molar refractivity (Wildman–Crippen MR) is 193 cm³/mol. The van der Waals surface area contributed by atoms with Crippen LogP contribution in [0, 0.1) is 13.8 Å². The van der Waals surface area contributed by atoms with E-state index in [1.54, 1.807) is 0 Å². The van der Waals surface area contributed by atoms with Gasteiger partial charge in [0.25, 0.3) is 5.82 Å². The number of fused-ring (bicyclic) bond motifs is 16. The van der Waals surface area contributed by atoms with Crippen LogP contribution in [0.25, 0.3) is 22.3 Å². The van der Waals surface area contributed by atoms with Crippen LogP contribution < -0.4 is 34.7 Å². The van der Waals surface area contributed by atoms with Gasteiger partial charge in [0.15, 0.2) is 0 Å². The SMILES string of the molecule is Cc1cc2c([n+](C)c1)N(c1ccc3c(c1C)N(C)B1c4ccccc4-c4ccccc4N13)B1c3ccccc3-c3ccccc3N12. The smallest absolute Gasteiger partial charge is 0.393 e. The third kappa shape index (κ3) is 3.15. The topological polar surface area (TPSA) is 16.8 Å². The Balaban J connectivity index is 1.22. The highest BCUT2D eigenvalue weighted by atomic mass is 15.4. The second-order valence-corrected chi connectivity index (χ2v) is 13.1. The molecule has 5 nitrogen and oxygen atoms in total. The normalized spacial score (nSPS) is 14.7. The molecule has 0 fully saturated rings. The lowest BCUT2D eigenvalue weighted by Crippen LogP contribution is -2.56. The molecule has 4 aliphatic heterocycles. The quantitative estimate of drug-likeness (QED) is 0.155. The Morgan fingerprint density at radius 3 is 1.70 bits per heavy atom. The summed E-state index contributed by atoms with van der Waals surface area (Å²) in [5.41, 5.74) is 17.9. The van der Waals surface area contributed by atoms with Gasteiger partial charge in [-0.2, -0.15) is 0 Å². The maximum Gasteiger partial charge on any atom is 0.543 e. The zero-order chi connectivity index (χ0) is 30.8. The molecule has 0 atom stereocenters. The summed E-state index contributed by atoms with van der Waals surface area (Å²) in [6.45, 7) is 4.60. The zero-order valence-corrected chi connectivity index (χ0v) is 26.4. The summed E-state index contributed by atoms with van der Waals surface area (Å²) in [6, 6.07) is 42.7. The summed E-state index contributed by atoms with van der Waals surface area (Å²) in [5.74, 6) is 1.21. The molecule has 10 rings (SSSR count). The maximum atomic E-state index is 2.59. The number of nitrogens with zero attached hydrogens (tertiary/aromatic N) is 5. The summed E-state index contributed by atoms with van der Waals surface area (Å²) >= 11 is 0. The molecular formula is C39H32B2N5+. The van der Waals surface area contributed by atoms with Crippen molar-refractivity contribution in [2.24, 2.45) is 7.05 Å². The molecule has 0 saturated carbocycles. The summed E-state index contributed by atoms with van der Waals surface area (Å²) in [4.78, 5) is 10.2. The number of para-hydroxylation sites is 2. The highest BCUT2D eigenvalue weighted by Gasteiger charge is 2.57. The first-order valence-electron chi connectivity index (χ1n) is 16.1. The van der Waals surface area contributed by atoms with E-state index in [1.807, 2.05) is 0 Å². The molecule has 0 bridgehead atoms. The average molecular weight is 592 g/mol. The van der Waals surface area contributed by atoms with Crippen LogP contribution >= 0.6 is 0 Å². The molecule has 5 aromatic carbocycles. The number of hydrogen-bond donors (Lipinski definition) is 0. The van der Waals surface area contributed by atoms with Crippen molar-refractivity contribution in [2.45, 2.75) is 13.8 Å². The first-order valence-corrected chi connectivity index (χ1v) is 16.1. The second kappa shape index (κ2) is 9.07. The molecule has 0 unspecified atom stereocenters. The van der Waals surface area contributed by atoms with Gasteiger partial charge < -0.3 is 14.4 Å². The van der Waals surface area contributed by atoms with Crippen LogP contribution in [-0.4, -0.2) is 21.0 Å². The summed E-state index contributed by atoms with van der Waals surface area (Å²) in [5, 5.41) is 0. The number of rotatable bonds is 1. The van der Waals surface area contributed by atoms with Crippen LogP contribution in [0.1, 0.15) is 11.1 Å². The predicted octanol–water partition coefficient (Wildman–Crippen LogP) is 6.76.